The largest absolute Gasteiger partial charge is 0.381 e. The van der Waals surface area contributed by atoms with Gasteiger partial charge in [0.1, 0.15) is 6.07 Å². The van der Waals surface area contributed by atoms with Gasteiger partial charge in [0.25, 0.3) is 0 Å². The minimum absolute atomic E-state index is 0.0122. The summed E-state index contributed by atoms with van der Waals surface area (Å²) in [4.78, 5) is 34.6. The number of rotatable bonds is 1. The molecule has 6 N–H and O–H groups in total. The van der Waals surface area contributed by atoms with Crippen molar-refractivity contribution in [1.29, 1.82) is 5.26 Å². The molecular formula is C21H12N12. The molecule has 0 unspecified atom stereocenters. The van der Waals surface area contributed by atoms with Crippen molar-refractivity contribution < 1.29 is 0 Å². The third-order valence-corrected chi connectivity index (χ3v) is 5.10. The van der Waals surface area contributed by atoms with Crippen LogP contribution in [0.15, 0.2) is 36.4 Å². The molecule has 12 nitrogen and oxygen atoms in total. The first-order valence-corrected chi connectivity index (χ1v) is 9.64. The average Bonchev–Trinajstić information content (AvgIpc) is 2.81. The number of nitriles is 1. The molecule has 4 aromatic heterocycles. The lowest BCUT2D eigenvalue weighted by atomic mass is 10.0. The molecule has 6 aromatic rings. The van der Waals surface area contributed by atoms with E-state index in [0.717, 1.165) is 11.1 Å². The van der Waals surface area contributed by atoms with Crippen molar-refractivity contribution >= 4 is 62.1 Å². The van der Waals surface area contributed by atoms with E-state index in [2.05, 4.69) is 39.9 Å². The number of nitrogen functional groups attached to an aromatic ring is 3. The van der Waals surface area contributed by atoms with Crippen LogP contribution < -0.4 is 17.2 Å². The van der Waals surface area contributed by atoms with Gasteiger partial charge in [0.05, 0.1) is 22.1 Å². The van der Waals surface area contributed by atoms with Gasteiger partial charge in [0, 0.05) is 0 Å². The van der Waals surface area contributed by atoms with Gasteiger partial charge < -0.3 is 17.2 Å². The van der Waals surface area contributed by atoms with E-state index >= 15 is 0 Å². The van der Waals surface area contributed by atoms with Crippen molar-refractivity contribution in [2.75, 3.05) is 17.2 Å². The van der Waals surface area contributed by atoms with Crippen LogP contribution in [0, 0.1) is 11.3 Å². The number of hydrogen-bond acceptors (Lipinski definition) is 12. The Kier molecular flexibility index (Phi) is 3.69. The number of hydrogen-bond donors (Lipinski definition) is 3. The summed E-state index contributed by atoms with van der Waals surface area (Å²) in [7, 11) is 0. The van der Waals surface area contributed by atoms with Crippen molar-refractivity contribution in [3.05, 3.63) is 42.1 Å². The fraction of sp³-hybridized carbons (Fsp3) is 0. The first kappa shape index (κ1) is 18.5. The molecule has 0 amide bonds. The Morgan fingerprint density at radius 3 is 1.42 bits per heavy atom. The first-order valence-electron chi connectivity index (χ1n) is 9.64. The van der Waals surface area contributed by atoms with Crippen molar-refractivity contribution in [3.63, 3.8) is 0 Å². The molecule has 0 aliphatic rings. The van der Waals surface area contributed by atoms with E-state index in [4.69, 9.17) is 22.5 Å². The summed E-state index contributed by atoms with van der Waals surface area (Å²) in [6.07, 6.45) is 0. The highest BCUT2D eigenvalue weighted by Gasteiger charge is 2.12. The molecule has 0 saturated carbocycles. The molecule has 156 valence electrons. The van der Waals surface area contributed by atoms with Gasteiger partial charge in [-0.1, -0.05) is 12.1 Å². The van der Waals surface area contributed by atoms with Crippen LogP contribution in [0.1, 0.15) is 5.69 Å². The van der Waals surface area contributed by atoms with Crippen LogP contribution in [0.2, 0.25) is 0 Å². The van der Waals surface area contributed by atoms with Gasteiger partial charge in [0.15, 0.2) is 34.4 Å². The van der Waals surface area contributed by atoms with Gasteiger partial charge in [-0.05, 0) is 35.4 Å². The molecule has 0 saturated heterocycles. The summed E-state index contributed by atoms with van der Waals surface area (Å²) in [5.41, 5.74) is 22.7. The monoisotopic (exact) mass is 432 g/mol. The fourth-order valence-corrected chi connectivity index (χ4v) is 3.49. The summed E-state index contributed by atoms with van der Waals surface area (Å²) >= 11 is 0. The highest BCUT2D eigenvalue weighted by molar-refractivity contribution is 5.90. The zero-order chi connectivity index (χ0) is 22.7. The first-order chi connectivity index (χ1) is 16.0. The molecule has 33 heavy (non-hydrogen) atoms. The van der Waals surface area contributed by atoms with Gasteiger partial charge in [-0.15, -0.1) is 0 Å². The lowest BCUT2D eigenvalue weighted by Crippen LogP contribution is -2.03. The Bertz CT molecular complexity index is 1820. The number of fused-ring (bicyclic) bond motifs is 4. The minimum Gasteiger partial charge on any atom is -0.381 e. The van der Waals surface area contributed by atoms with E-state index < -0.39 is 0 Å². The molecule has 0 aliphatic heterocycles. The van der Waals surface area contributed by atoms with E-state index in [9.17, 15) is 0 Å². The lowest BCUT2D eigenvalue weighted by molar-refractivity contribution is 1.18. The quantitative estimate of drug-likeness (QED) is 0.318. The molecule has 0 bridgehead atoms. The summed E-state index contributed by atoms with van der Waals surface area (Å²) in [5.74, 6) is 0.248. The molecule has 0 radical (unpaired) electrons. The second-order valence-electron chi connectivity index (χ2n) is 7.21. The molecule has 2 aromatic carbocycles. The van der Waals surface area contributed by atoms with E-state index in [1.807, 2.05) is 42.5 Å². The molecule has 4 heterocycles. The zero-order valence-corrected chi connectivity index (χ0v) is 16.7. The van der Waals surface area contributed by atoms with E-state index in [1.54, 1.807) is 0 Å². The highest BCUT2D eigenvalue weighted by Crippen LogP contribution is 2.27. The SMILES string of the molecule is N#Cc1nc2nc3cc(-c4ccc5nc6nc(N)c(N)nc6nc5c4)ccc3nc2nc1N. The van der Waals surface area contributed by atoms with Crippen molar-refractivity contribution in [2.45, 2.75) is 0 Å². The van der Waals surface area contributed by atoms with Gasteiger partial charge >= 0.3 is 0 Å². The predicted octanol–water partition coefficient (Wildman–Crippen LogP) is 1.74. The molecule has 6 rings (SSSR count). The Balaban J connectivity index is 1.50. The molecular weight excluding hydrogens is 420 g/mol. The second kappa shape index (κ2) is 6.59. The van der Waals surface area contributed by atoms with Gasteiger partial charge in [-0.3, -0.25) is 0 Å². The fourth-order valence-electron chi connectivity index (χ4n) is 3.49. The number of aromatic nitrogens is 8. The molecule has 0 aliphatic carbocycles. The highest BCUT2D eigenvalue weighted by atomic mass is 15.1. The Morgan fingerprint density at radius 2 is 0.939 bits per heavy atom. The lowest BCUT2D eigenvalue weighted by Gasteiger charge is -2.07. The van der Waals surface area contributed by atoms with Crippen LogP contribution in [-0.4, -0.2) is 39.9 Å². The third-order valence-electron chi connectivity index (χ3n) is 5.10. The van der Waals surface area contributed by atoms with Crippen molar-refractivity contribution in [1.82, 2.24) is 39.9 Å². The zero-order valence-electron chi connectivity index (χ0n) is 16.7. The molecule has 0 spiro atoms. The van der Waals surface area contributed by atoms with Gasteiger partial charge in [-0.25, -0.2) is 39.9 Å². The second-order valence-corrected chi connectivity index (χ2v) is 7.21. The van der Waals surface area contributed by atoms with Gasteiger partial charge in [0.2, 0.25) is 11.3 Å². The smallest absolute Gasteiger partial charge is 0.200 e. The van der Waals surface area contributed by atoms with Crippen LogP contribution in [0.5, 0.6) is 0 Å². The maximum Gasteiger partial charge on any atom is 0.200 e. The third kappa shape index (κ3) is 2.92. The van der Waals surface area contributed by atoms with Crippen LogP contribution >= 0.6 is 0 Å². The maximum absolute atomic E-state index is 9.15. The van der Waals surface area contributed by atoms with Gasteiger partial charge in [-0.2, -0.15) is 5.26 Å². The maximum atomic E-state index is 9.15. The number of benzene rings is 2. The van der Waals surface area contributed by atoms with Crippen LogP contribution in [0.25, 0.3) is 55.8 Å². The summed E-state index contributed by atoms with van der Waals surface area (Å²) in [6, 6.07) is 13.2. The number of anilines is 3. The van der Waals surface area contributed by atoms with E-state index in [1.165, 1.54) is 0 Å². The Hall–Kier alpha value is -5.31. The van der Waals surface area contributed by atoms with E-state index in [0.29, 0.717) is 33.4 Å². The molecule has 0 atom stereocenters. The summed E-state index contributed by atoms with van der Waals surface area (Å²) in [6.45, 7) is 0. The predicted molar refractivity (Wildman–Crippen MR) is 122 cm³/mol. The number of nitrogens with two attached hydrogens (primary N) is 3. The Labute approximate surface area is 184 Å². The van der Waals surface area contributed by atoms with Crippen LogP contribution in [0.3, 0.4) is 0 Å². The van der Waals surface area contributed by atoms with E-state index in [-0.39, 0.29) is 34.4 Å². The summed E-state index contributed by atoms with van der Waals surface area (Å²) < 4.78 is 0. The average molecular weight is 432 g/mol. The normalized spacial score (nSPS) is 11.4. The minimum atomic E-state index is 0.0122. The van der Waals surface area contributed by atoms with Crippen molar-refractivity contribution in [2.24, 2.45) is 0 Å². The topological polar surface area (TPSA) is 205 Å². The van der Waals surface area contributed by atoms with Crippen LogP contribution in [-0.2, 0) is 0 Å². The van der Waals surface area contributed by atoms with Crippen LogP contribution in [0.4, 0.5) is 17.5 Å². The molecule has 12 heteroatoms. The number of nitrogens with zero attached hydrogens (tertiary/aromatic N) is 9. The Morgan fingerprint density at radius 1 is 0.515 bits per heavy atom. The standard InChI is InChI=1S/C21H12N12/c22-7-14-15(23)31-19-18(30-14)28-12-5-8(1-3-10(12)26-19)9-2-4-11-13(6-9)29-21-20(27-11)32-16(24)17(25)33-21/h1-6H,(H2,23,26,31)(H2,24,27,32)(H2,25,29,33). The molecule has 0 fully saturated rings. The van der Waals surface area contributed by atoms with Crippen molar-refractivity contribution in [3.8, 4) is 17.2 Å². The summed E-state index contributed by atoms with van der Waals surface area (Å²) in [5, 5.41) is 9.15.